The van der Waals surface area contributed by atoms with E-state index in [4.69, 9.17) is 5.21 Å². The van der Waals surface area contributed by atoms with Crippen molar-refractivity contribution in [2.75, 3.05) is 31.1 Å². The summed E-state index contributed by atoms with van der Waals surface area (Å²) in [5.41, 5.74) is 4.60. The Bertz CT molecular complexity index is 926. The highest BCUT2D eigenvalue weighted by Crippen LogP contribution is 2.27. The lowest BCUT2D eigenvalue weighted by Crippen LogP contribution is -2.46. The largest absolute Gasteiger partial charge is 0.368 e. The zero-order chi connectivity index (χ0) is 18.6. The van der Waals surface area contributed by atoms with Gasteiger partial charge in [-0.3, -0.25) is 14.9 Å². The quantitative estimate of drug-likeness (QED) is 0.553. The molecule has 0 unspecified atom stereocenters. The van der Waals surface area contributed by atoms with Gasteiger partial charge >= 0.3 is 0 Å². The average molecular weight is 361 g/mol. The standard InChI is InChI=1S/C22H23N3O2/c26-22(23-27)19-10-8-17(9-11-19)16-24-12-14-25(15-13-24)21-7-3-5-18-4-1-2-6-20(18)21/h1-11,27H,12-16H2,(H,23,26). The van der Waals surface area contributed by atoms with Gasteiger partial charge in [0.2, 0.25) is 0 Å². The number of carbonyl (C=O) groups excluding carboxylic acids is 1. The normalized spacial score (nSPS) is 15.1. The number of benzene rings is 3. The van der Waals surface area contributed by atoms with Crippen LogP contribution in [0, 0.1) is 0 Å². The summed E-state index contributed by atoms with van der Waals surface area (Å²) >= 11 is 0. The molecule has 0 atom stereocenters. The van der Waals surface area contributed by atoms with Crippen molar-refractivity contribution in [3.63, 3.8) is 0 Å². The molecule has 5 nitrogen and oxygen atoms in total. The topological polar surface area (TPSA) is 55.8 Å². The summed E-state index contributed by atoms with van der Waals surface area (Å²) in [4.78, 5) is 16.3. The molecule has 5 heteroatoms. The minimum absolute atomic E-state index is 0.460. The van der Waals surface area contributed by atoms with Gasteiger partial charge in [-0.05, 0) is 29.1 Å². The molecule has 0 radical (unpaired) electrons. The Morgan fingerprint density at radius 2 is 1.59 bits per heavy atom. The molecule has 138 valence electrons. The zero-order valence-corrected chi connectivity index (χ0v) is 15.1. The van der Waals surface area contributed by atoms with E-state index in [1.165, 1.54) is 22.0 Å². The second-order valence-electron chi connectivity index (χ2n) is 6.90. The maximum absolute atomic E-state index is 11.4. The van der Waals surface area contributed by atoms with E-state index in [9.17, 15) is 4.79 Å². The van der Waals surface area contributed by atoms with Crippen molar-refractivity contribution in [2.24, 2.45) is 0 Å². The first-order valence-electron chi connectivity index (χ1n) is 9.23. The first-order valence-corrected chi connectivity index (χ1v) is 9.23. The lowest BCUT2D eigenvalue weighted by atomic mass is 10.1. The monoisotopic (exact) mass is 361 g/mol. The van der Waals surface area contributed by atoms with E-state index in [2.05, 4.69) is 52.3 Å². The Hall–Kier alpha value is -2.89. The number of rotatable bonds is 4. The van der Waals surface area contributed by atoms with E-state index in [0.29, 0.717) is 5.56 Å². The summed E-state index contributed by atoms with van der Waals surface area (Å²) in [5, 5.41) is 11.3. The van der Waals surface area contributed by atoms with Gasteiger partial charge in [0.15, 0.2) is 0 Å². The molecule has 1 heterocycles. The zero-order valence-electron chi connectivity index (χ0n) is 15.1. The van der Waals surface area contributed by atoms with Gasteiger partial charge in [-0.25, -0.2) is 5.48 Å². The molecular weight excluding hydrogens is 338 g/mol. The second-order valence-corrected chi connectivity index (χ2v) is 6.90. The van der Waals surface area contributed by atoms with Crippen LogP contribution in [0.3, 0.4) is 0 Å². The highest BCUT2D eigenvalue weighted by molar-refractivity contribution is 5.94. The molecular formula is C22H23N3O2. The summed E-state index contributed by atoms with van der Waals surface area (Å²) in [6.07, 6.45) is 0. The van der Waals surface area contributed by atoms with Gasteiger partial charge in [-0.15, -0.1) is 0 Å². The van der Waals surface area contributed by atoms with Crippen LogP contribution in [-0.2, 0) is 6.54 Å². The van der Waals surface area contributed by atoms with Crippen molar-refractivity contribution < 1.29 is 10.0 Å². The van der Waals surface area contributed by atoms with Crippen LogP contribution in [0.1, 0.15) is 15.9 Å². The summed E-state index contributed by atoms with van der Waals surface area (Å²) in [5.74, 6) is -0.481. The SMILES string of the molecule is O=C(NO)c1ccc(CN2CCN(c3cccc4ccccc34)CC2)cc1. The molecule has 2 N–H and O–H groups in total. The molecule has 1 amide bonds. The number of fused-ring (bicyclic) bond motifs is 1. The second kappa shape index (κ2) is 7.78. The van der Waals surface area contributed by atoms with E-state index < -0.39 is 5.91 Å². The van der Waals surface area contributed by atoms with Crippen LogP contribution in [0.5, 0.6) is 0 Å². The van der Waals surface area contributed by atoms with Crippen molar-refractivity contribution in [1.82, 2.24) is 10.4 Å². The number of nitrogens with one attached hydrogen (secondary N) is 1. The number of hydrogen-bond donors (Lipinski definition) is 2. The molecule has 3 aromatic carbocycles. The van der Waals surface area contributed by atoms with Gasteiger partial charge < -0.3 is 4.90 Å². The Morgan fingerprint density at radius 3 is 2.33 bits per heavy atom. The van der Waals surface area contributed by atoms with Gasteiger partial charge in [-0.2, -0.15) is 0 Å². The fourth-order valence-electron chi connectivity index (χ4n) is 3.72. The van der Waals surface area contributed by atoms with Gasteiger partial charge in [0.1, 0.15) is 0 Å². The van der Waals surface area contributed by atoms with Crippen molar-refractivity contribution in [2.45, 2.75) is 6.54 Å². The Kier molecular flexibility index (Phi) is 5.05. The predicted octanol–water partition coefficient (Wildman–Crippen LogP) is 3.28. The Labute approximate surface area is 158 Å². The summed E-state index contributed by atoms with van der Waals surface area (Å²) in [7, 11) is 0. The van der Waals surface area contributed by atoms with Crippen LogP contribution in [0.2, 0.25) is 0 Å². The highest BCUT2D eigenvalue weighted by Gasteiger charge is 2.18. The van der Waals surface area contributed by atoms with Crippen molar-refractivity contribution in [3.8, 4) is 0 Å². The van der Waals surface area contributed by atoms with Gasteiger partial charge in [0.25, 0.3) is 5.91 Å². The summed E-state index contributed by atoms with van der Waals surface area (Å²) in [6, 6.07) is 22.4. The Morgan fingerprint density at radius 1 is 0.889 bits per heavy atom. The van der Waals surface area contributed by atoms with E-state index in [1.54, 1.807) is 17.6 Å². The maximum Gasteiger partial charge on any atom is 0.274 e. The lowest BCUT2D eigenvalue weighted by Gasteiger charge is -2.36. The molecule has 1 aliphatic heterocycles. The van der Waals surface area contributed by atoms with Crippen LogP contribution >= 0.6 is 0 Å². The first kappa shape index (κ1) is 17.5. The first-order chi connectivity index (χ1) is 13.2. The molecule has 0 bridgehead atoms. The Balaban J connectivity index is 1.39. The molecule has 1 fully saturated rings. The van der Waals surface area contributed by atoms with E-state index in [1.807, 2.05) is 12.1 Å². The molecule has 0 spiro atoms. The van der Waals surface area contributed by atoms with Crippen molar-refractivity contribution in [3.05, 3.63) is 77.9 Å². The molecule has 27 heavy (non-hydrogen) atoms. The number of hydroxylamine groups is 1. The van der Waals surface area contributed by atoms with Crippen molar-refractivity contribution in [1.29, 1.82) is 0 Å². The number of nitrogens with zero attached hydrogens (tertiary/aromatic N) is 2. The van der Waals surface area contributed by atoms with Crippen LogP contribution < -0.4 is 10.4 Å². The fourth-order valence-corrected chi connectivity index (χ4v) is 3.72. The summed E-state index contributed by atoms with van der Waals surface area (Å²) in [6.45, 7) is 4.87. The average Bonchev–Trinajstić information content (AvgIpc) is 2.74. The molecule has 0 saturated carbocycles. The minimum atomic E-state index is -0.481. The van der Waals surface area contributed by atoms with Gasteiger partial charge in [0.05, 0.1) is 0 Å². The number of piperazine rings is 1. The smallest absolute Gasteiger partial charge is 0.274 e. The molecule has 1 aliphatic rings. The van der Waals surface area contributed by atoms with Crippen LogP contribution in [0.4, 0.5) is 5.69 Å². The molecule has 0 aromatic heterocycles. The van der Waals surface area contributed by atoms with Crippen LogP contribution in [0.15, 0.2) is 66.7 Å². The van der Waals surface area contributed by atoms with Gasteiger partial charge in [-0.1, -0.05) is 48.5 Å². The van der Waals surface area contributed by atoms with Gasteiger partial charge in [0, 0.05) is 49.4 Å². The van der Waals surface area contributed by atoms with E-state index >= 15 is 0 Å². The third-order valence-corrected chi connectivity index (χ3v) is 5.20. The van der Waals surface area contributed by atoms with Crippen LogP contribution in [-0.4, -0.2) is 42.2 Å². The molecule has 0 aliphatic carbocycles. The molecule has 1 saturated heterocycles. The maximum atomic E-state index is 11.4. The summed E-state index contributed by atoms with van der Waals surface area (Å²) < 4.78 is 0. The number of anilines is 1. The number of carbonyl (C=O) groups is 1. The van der Waals surface area contributed by atoms with Crippen molar-refractivity contribution >= 4 is 22.4 Å². The highest BCUT2D eigenvalue weighted by atomic mass is 16.5. The minimum Gasteiger partial charge on any atom is -0.368 e. The third-order valence-electron chi connectivity index (χ3n) is 5.20. The molecule has 3 aromatic rings. The third kappa shape index (κ3) is 3.79. The van der Waals surface area contributed by atoms with E-state index in [-0.39, 0.29) is 0 Å². The number of amides is 1. The fraction of sp³-hybridized carbons (Fsp3) is 0.227. The molecule has 4 rings (SSSR count). The number of hydrogen-bond acceptors (Lipinski definition) is 4. The van der Waals surface area contributed by atoms with E-state index in [0.717, 1.165) is 32.7 Å². The lowest BCUT2D eigenvalue weighted by molar-refractivity contribution is 0.0706. The van der Waals surface area contributed by atoms with Crippen LogP contribution in [0.25, 0.3) is 10.8 Å². The predicted molar refractivity (Wildman–Crippen MR) is 107 cm³/mol.